The first-order chi connectivity index (χ1) is 9.13. The molecule has 3 N–H and O–H groups in total. The van der Waals surface area contributed by atoms with Crippen LogP contribution in [0, 0.1) is 10.1 Å². The van der Waals surface area contributed by atoms with Crippen molar-refractivity contribution in [1.29, 1.82) is 0 Å². The maximum Gasteiger partial charge on any atom is 0.292 e. The molecule has 1 aliphatic rings. The van der Waals surface area contributed by atoms with Crippen molar-refractivity contribution in [2.24, 2.45) is 0 Å². The third-order valence-electron chi connectivity index (χ3n) is 3.63. The third-order valence-corrected chi connectivity index (χ3v) is 3.63. The van der Waals surface area contributed by atoms with Gasteiger partial charge in [-0.1, -0.05) is 12.8 Å². The van der Waals surface area contributed by atoms with Gasteiger partial charge < -0.3 is 15.7 Å². The molecule has 1 aromatic carbocycles. The highest BCUT2D eigenvalue weighted by molar-refractivity contribution is 5.67. The van der Waals surface area contributed by atoms with Gasteiger partial charge in [-0.15, -0.1) is 0 Å². The van der Waals surface area contributed by atoms with Crippen LogP contribution in [0.2, 0.25) is 0 Å². The third kappa shape index (κ3) is 2.96. The Morgan fingerprint density at radius 3 is 2.84 bits per heavy atom. The monoisotopic (exact) mass is 265 g/mol. The molecule has 6 nitrogen and oxygen atoms in total. The highest BCUT2D eigenvalue weighted by atomic mass is 16.6. The van der Waals surface area contributed by atoms with Crippen LogP contribution in [0.15, 0.2) is 18.2 Å². The van der Waals surface area contributed by atoms with Gasteiger partial charge in [0.1, 0.15) is 5.69 Å². The maximum atomic E-state index is 10.8. The van der Waals surface area contributed by atoms with Gasteiger partial charge in [-0.3, -0.25) is 10.1 Å². The zero-order valence-corrected chi connectivity index (χ0v) is 10.8. The summed E-state index contributed by atoms with van der Waals surface area (Å²) in [4.78, 5) is 12.4. The van der Waals surface area contributed by atoms with E-state index in [0.29, 0.717) is 0 Å². The van der Waals surface area contributed by atoms with E-state index in [1.54, 1.807) is 12.1 Å². The second kappa shape index (κ2) is 5.88. The van der Waals surface area contributed by atoms with Crippen LogP contribution in [0.3, 0.4) is 0 Å². The summed E-state index contributed by atoms with van der Waals surface area (Å²) >= 11 is 0. The fourth-order valence-corrected chi connectivity index (χ4v) is 2.59. The molecule has 0 bridgehead atoms. The lowest BCUT2D eigenvalue weighted by molar-refractivity contribution is -0.383. The summed E-state index contributed by atoms with van der Waals surface area (Å²) < 4.78 is 0. The van der Waals surface area contributed by atoms with Gasteiger partial charge >= 0.3 is 0 Å². The number of nitro benzene ring substituents is 1. The molecule has 104 valence electrons. The molecule has 1 aliphatic heterocycles. The Morgan fingerprint density at radius 2 is 2.21 bits per heavy atom. The van der Waals surface area contributed by atoms with Crippen molar-refractivity contribution < 1.29 is 10.0 Å². The Balaban J connectivity index is 2.28. The molecule has 0 aromatic heterocycles. The van der Waals surface area contributed by atoms with Gasteiger partial charge in [0.05, 0.1) is 17.6 Å². The normalized spacial score (nSPS) is 20.1. The first-order valence-corrected chi connectivity index (χ1v) is 6.55. The Hall–Kier alpha value is -1.82. The topological polar surface area (TPSA) is 92.6 Å². The largest absolute Gasteiger partial charge is 0.394 e. The van der Waals surface area contributed by atoms with Crippen LogP contribution in [0.5, 0.6) is 0 Å². The summed E-state index contributed by atoms with van der Waals surface area (Å²) in [7, 11) is 0. The molecule has 1 aromatic rings. The van der Waals surface area contributed by atoms with Crippen LogP contribution in [0.25, 0.3) is 0 Å². The Labute approximate surface area is 112 Å². The number of nitrogen functional groups attached to an aromatic ring is 1. The van der Waals surface area contributed by atoms with Crippen molar-refractivity contribution in [3.05, 3.63) is 28.3 Å². The molecule has 0 radical (unpaired) electrons. The molecule has 6 heteroatoms. The van der Waals surface area contributed by atoms with Crippen LogP contribution < -0.4 is 10.6 Å². The number of anilines is 2. The van der Waals surface area contributed by atoms with E-state index >= 15 is 0 Å². The lowest BCUT2D eigenvalue weighted by Gasteiger charge is -2.30. The molecule has 2 rings (SSSR count). The van der Waals surface area contributed by atoms with Crippen LogP contribution in [-0.2, 0) is 0 Å². The van der Waals surface area contributed by atoms with Crippen LogP contribution in [0.4, 0.5) is 17.1 Å². The molecule has 1 heterocycles. The van der Waals surface area contributed by atoms with Crippen molar-refractivity contribution in [3.8, 4) is 0 Å². The Morgan fingerprint density at radius 1 is 1.42 bits per heavy atom. The predicted molar refractivity (Wildman–Crippen MR) is 74.2 cm³/mol. The maximum absolute atomic E-state index is 10.8. The Bertz CT molecular complexity index is 464. The predicted octanol–water partition coefficient (Wildman–Crippen LogP) is 1.92. The van der Waals surface area contributed by atoms with Crippen LogP contribution >= 0.6 is 0 Å². The smallest absolute Gasteiger partial charge is 0.292 e. The van der Waals surface area contributed by atoms with Gasteiger partial charge in [0.2, 0.25) is 0 Å². The number of aliphatic hydroxyl groups is 1. The van der Waals surface area contributed by atoms with E-state index in [-0.39, 0.29) is 24.0 Å². The summed E-state index contributed by atoms with van der Waals surface area (Å²) in [5, 5.41) is 20.2. The summed E-state index contributed by atoms with van der Waals surface area (Å²) in [6.45, 7) is 0.944. The van der Waals surface area contributed by atoms with Crippen molar-refractivity contribution in [3.63, 3.8) is 0 Å². The summed E-state index contributed by atoms with van der Waals surface area (Å²) in [6, 6.07) is 4.85. The molecular weight excluding hydrogens is 246 g/mol. The molecule has 1 unspecified atom stereocenters. The molecule has 1 fully saturated rings. The van der Waals surface area contributed by atoms with E-state index in [1.165, 1.54) is 6.07 Å². The van der Waals surface area contributed by atoms with E-state index in [2.05, 4.69) is 4.90 Å². The van der Waals surface area contributed by atoms with E-state index in [0.717, 1.165) is 37.9 Å². The van der Waals surface area contributed by atoms with Gasteiger partial charge in [-0.05, 0) is 25.0 Å². The van der Waals surface area contributed by atoms with Crippen molar-refractivity contribution in [1.82, 2.24) is 0 Å². The zero-order chi connectivity index (χ0) is 13.8. The first kappa shape index (κ1) is 13.6. The van der Waals surface area contributed by atoms with Gasteiger partial charge in [0, 0.05) is 18.3 Å². The number of aliphatic hydroxyl groups excluding tert-OH is 1. The lowest BCUT2D eigenvalue weighted by Crippen LogP contribution is -2.37. The second-order valence-electron chi connectivity index (χ2n) is 4.88. The number of benzene rings is 1. The second-order valence-corrected chi connectivity index (χ2v) is 4.88. The number of hydrogen-bond acceptors (Lipinski definition) is 5. The van der Waals surface area contributed by atoms with Gasteiger partial charge in [0.15, 0.2) is 0 Å². The molecule has 1 atom stereocenters. The minimum Gasteiger partial charge on any atom is -0.394 e. The van der Waals surface area contributed by atoms with E-state index in [4.69, 9.17) is 5.73 Å². The van der Waals surface area contributed by atoms with Crippen molar-refractivity contribution in [2.45, 2.75) is 31.7 Å². The fraction of sp³-hybridized carbons (Fsp3) is 0.538. The van der Waals surface area contributed by atoms with Gasteiger partial charge in [-0.25, -0.2) is 0 Å². The highest BCUT2D eigenvalue weighted by Gasteiger charge is 2.22. The first-order valence-electron chi connectivity index (χ1n) is 6.55. The van der Waals surface area contributed by atoms with Crippen molar-refractivity contribution >= 4 is 17.1 Å². The summed E-state index contributed by atoms with van der Waals surface area (Å²) in [5.74, 6) is 0. The molecule has 0 aliphatic carbocycles. The average molecular weight is 265 g/mol. The summed E-state index contributed by atoms with van der Waals surface area (Å²) in [6.07, 6.45) is 4.25. The molecular formula is C13H19N3O3. The minimum atomic E-state index is -0.481. The molecule has 1 saturated heterocycles. The van der Waals surface area contributed by atoms with Crippen LogP contribution in [-0.4, -0.2) is 29.2 Å². The Kier molecular flexibility index (Phi) is 4.21. The SMILES string of the molecule is Nc1cc(N2CCCCCC2CO)ccc1[N+](=O)[O-]. The fourth-order valence-electron chi connectivity index (χ4n) is 2.59. The van der Waals surface area contributed by atoms with E-state index in [9.17, 15) is 15.2 Å². The number of nitrogens with two attached hydrogens (primary N) is 1. The zero-order valence-electron chi connectivity index (χ0n) is 10.8. The van der Waals surface area contributed by atoms with E-state index in [1.807, 2.05) is 0 Å². The minimum absolute atomic E-state index is 0.0703. The van der Waals surface area contributed by atoms with Gasteiger partial charge in [-0.2, -0.15) is 0 Å². The van der Waals surface area contributed by atoms with Crippen molar-refractivity contribution in [2.75, 3.05) is 23.8 Å². The van der Waals surface area contributed by atoms with Crippen LogP contribution in [0.1, 0.15) is 25.7 Å². The summed E-state index contributed by atoms with van der Waals surface area (Å²) in [5.41, 5.74) is 6.67. The average Bonchev–Trinajstić information content (AvgIpc) is 2.63. The molecule has 19 heavy (non-hydrogen) atoms. The van der Waals surface area contributed by atoms with Gasteiger partial charge in [0.25, 0.3) is 5.69 Å². The number of nitrogens with zero attached hydrogens (tertiary/aromatic N) is 2. The van der Waals surface area contributed by atoms with E-state index < -0.39 is 4.92 Å². The molecule has 0 amide bonds. The number of rotatable bonds is 3. The number of nitro groups is 1. The molecule has 0 saturated carbocycles. The molecule has 0 spiro atoms. The standard InChI is InChI=1S/C13H19N3O3/c14-12-8-10(5-6-13(12)16(18)19)15-7-3-1-2-4-11(15)9-17/h5-6,8,11,17H,1-4,7,9,14H2. The number of hydrogen-bond donors (Lipinski definition) is 2. The highest BCUT2D eigenvalue weighted by Crippen LogP contribution is 2.30. The lowest BCUT2D eigenvalue weighted by atomic mass is 10.1. The quantitative estimate of drug-likeness (QED) is 0.495.